The normalized spacial score (nSPS) is 10.3. The molecule has 3 aromatic carbocycles. The summed E-state index contributed by atoms with van der Waals surface area (Å²) in [6.45, 7) is 0.191. The van der Waals surface area contributed by atoms with Crippen molar-refractivity contribution >= 4 is 17.5 Å². The van der Waals surface area contributed by atoms with Crippen LogP contribution in [0.3, 0.4) is 0 Å². The molecule has 3 rings (SSSR count). The Balaban J connectivity index is 1.51. The predicted molar refractivity (Wildman–Crippen MR) is 123 cm³/mol. The first-order chi connectivity index (χ1) is 16.0. The number of rotatable bonds is 10. The standard InChI is InChI=1S/C25H25FN2O5/c1-31-21-10-3-17(4-11-21)13-14-27-25(30)18-5-12-22(23(15-18)32-2)33-16-24(29)28-20-8-6-19(26)7-9-20/h3-12,15H,13-14,16H2,1-2H3,(H,27,30)(H,28,29). The first-order valence-electron chi connectivity index (χ1n) is 10.3. The van der Waals surface area contributed by atoms with Gasteiger partial charge in [0.05, 0.1) is 14.2 Å². The molecule has 0 unspecified atom stereocenters. The molecule has 0 spiro atoms. The van der Waals surface area contributed by atoms with E-state index in [0.29, 0.717) is 35.7 Å². The van der Waals surface area contributed by atoms with Crippen LogP contribution in [0.1, 0.15) is 15.9 Å². The van der Waals surface area contributed by atoms with Gasteiger partial charge in [0.2, 0.25) is 0 Å². The second-order valence-corrected chi connectivity index (χ2v) is 7.06. The lowest BCUT2D eigenvalue weighted by atomic mass is 10.1. The summed E-state index contributed by atoms with van der Waals surface area (Å²) in [4.78, 5) is 24.6. The van der Waals surface area contributed by atoms with Crippen LogP contribution in [0.25, 0.3) is 0 Å². The van der Waals surface area contributed by atoms with E-state index in [0.717, 1.165) is 11.3 Å². The minimum absolute atomic E-state index is 0.248. The molecular formula is C25H25FN2O5. The zero-order valence-electron chi connectivity index (χ0n) is 18.4. The van der Waals surface area contributed by atoms with E-state index in [1.807, 2.05) is 24.3 Å². The maximum absolute atomic E-state index is 13.0. The van der Waals surface area contributed by atoms with Crippen LogP contribution < -0.4 is 24.8 Å². The molecule has 172 valence electrons. The third-order valence-electron chi connectivity index (χ3n) is 4.77. The third kappa shape index (κ3) is 6.96. The van der Waals surface area contributed by atoms with Crippen LogP contribution >= 0.6 is 0 Å². The third-order valence-corrected chi connectivity index (χ3v) is 4.77. The van der Waals surface area contributed by atoms with Crippen molar-refractivity contribution in [1.29, 1.82) is 0 Å². The number of hydrogen-bond acceptors (Lipinski definition) is 5. The van der Waals surface area contributed by atoms with Gasteiger partial charge in [-0.15, -0.1) is 0 Å². The molecule has 0 aliphatic carbocycles. The maximum atomic E-state index is 13.0. The molecule has 0 fully saturated rings. The van der Waals surface area contributed by atoms with Gasteiger partial charge in [-0.25, -0.2) is 4.39 Å². The molecule has 33 heavy (non-hydrogen) atoms. The summed E-state index contributed by atoms with van der Waals surface area (Å²) in [5.41, 5.74) is 1.94. The van der Waals surface area contributed by atoms with E-state index in [9.17, 15) is 14.0 Å². The summed E-state index contributed by atoms with van der Waals surface area (Å²) in [5, 5.41) is 5.48. The predicted octanol–water partition coefficient (Wildman–Crippen LogP) is 3.83. The van der Waals surface area contributed by atoms with Crippen molar-refractivity contribution in [3.63, 3.8) is 0 Å². The zero-order valence-corrected chi connectivity index (χ0v) is 18.4. The minimum atomic E-state index is -0.413. The van der Waals surface area contributed by atoms with E-state index >= 15 is 0 Å². The van der Waals surface area contributed by atoms with Gasteiger partial charge >= 0.3 is 0 Å². The summed E-state index contributed by atoms with van der Waals surface area (Å²) < 4.78 is 28.9. The number of methoxy groups -OCH3 is 2. The van der Waals surface area contributed by atoms with Gasteiger partial charge in [-0.1, -0.05) is 12.1 Å². The summed E-state index contributed by atoms with van der Waals surface area (Å²) in [5.74, 6) is 0.379. The Hall–Kier alpha value is -4.07. The van der Waals surface area contributed by atoms with E-state index in [1.54, 1.807) is 25.3 Å². The summed E-state index contributed by atoms with van der Waals surface area (Å²) in [7, 11) is 3.06. The highest BCUT2D eigenvalue weighted by atomic mass is 19.1. The highest BCUT2D eigenvalue weighted by molar-refractivity contribution is 5.95. The van der Waals surface area contributed by atoms with E-state index in [2.05, 4.69) is 10.6 Å². The number of benzene rings is 3. The number of carbonyl (C=O) groups excluding carboxylic acids is 2. The fourth-order valence-electron chi connectivity index (χ4n) is 3.02. The molecule has 0 radical (unpaired) electrons. The molecule has 0 heterocycles. The van der Waals surface area contributed by atoms with Gasteiger partial charge in [0.1, 0.15) is 11.6 Å². The maximum Gasteiger partial charge on any atom is 0.262 e. The number of carbonyl (C=O) groups is 2. The van der Waals surface area contributed by atoms with Gasteiger partial charge in [-0.05, 0) is 66.6 Å². The number of nitrogens with one attached hydrogen (secondary N) is 2. The molecule has 0 aromatic heterocycles. The molecule has 3 aromatic rings. The molecule has 0 aliphatic heterocycles. The SMILES string of the molecule is COc1ccc(CCNC(=O)c2ccc(OCC(=O)Nc3ccc(F)cc3)c(OC)c2)cc1. The van der Waals surface area contributed by atoms with Gasteiger partial charge in [0.15, 0.2) is 18.1 Å². The summed E-state index contributed by atoms with van der Waals surface area (Å²) in [6.07, 6.45) is 0.678. The highest BCUT2D eigenvalue weighted by Gasteiger charge is 2.13. The van der Waals surface area contributed by atoms with Crippen LogP contribution in [0.5, 0.6) is 17.2 Å². The van der Waals surface area contributed by atoms with Crippen molar-refractivity contribution in [1.82, 2.24) is 5.32 Å². The van der Waals surface area contributed by atoms with Crippen molar-refractivity contribution in [2.24, 2.45) is 0 Å². The van der Waals surface area contributed by atoms with Crippen LogP contribution in [-0.4, -0.2) is 39.2 Å². The van der Waals surface area contributed by atoms with E-state index in [-0.39, 0.29) is 18.3 Å². The zero-order chi connectivity index (χ0) is 23.6. The second kappa shape index (κ2) is 11.5. The lowest BCUT2D eigenvalue weighted by Gasteiger charge is -2.12. The number of anilines is 1. The van der Waals surface area contributed by atoms with Crippen molar-refractivity contribution < 1.29 is 28.2 Å². The Morgan fingerprint density at radius 2 is 1.61 bits per heavy atom. The smallest absolute Gasteiger partial charge is 0.262 e. The molecule has 8 heteroatoms. The Kier molecular flexibility index (Phi) is 8.24. The molecule has 2 amide bonds. The number of halogens is 1. The molecule has 0 aliphatic rings. The average Bonchev–Trinajstić information content (AvgIpc) is 2.84. The van der Waals surface area contributed by atoms with Crippen LogP contribution in [0.15, 0.2) is 66.7 Å². The fraction of sp³-hybridized carbons (Fsp3) is 0.200. The topological polar surface area (TPSA) is 85.9 Å². The molecule has 0 bridgehead atoms. The Morgan fingerprint density at radius 3 is 2.27 bits per heavy atom. The van der Waals surface area contributed by atoms with Gasteiger partial charge in [-0.2, -0.15) is 0 Å². The minimum Gasteiger partial charge on any atom is -0.497 e. The van der Waals surface area contributed by atoms with Crippen molar-refractivity contribution in [3.05, 3.63) is 83.7 Å². The molecule has 7 nitrogen and oxygen atoms in total. The fourth-order valence-corrected chi connectivity index (χ4v) is 3.02. The molecule has 0 atom stereocenters. The van der Waals surface area contributed by atoms with Crippen LogP contribution in [-0.2, 0) is 11.2 Å². The summed E-state index contributed by atoms with van der Waals surface area (Å²) >= 11 is 0. The number of amides is 2. The number of ether oxygens (including phenoxy) is 3. The Morgan fingerprint density at radius 1 is 0.879 bits per heavy atom. The van der Waals surface area contributed by atoms with Crippen molar-refractivity contribution in [3.8, 4) is 17.2 Å². The highest BCUT2D eigenvalue weighted by Crippen LogP contribution is 2.28. The average molecular weight is 452 g/mol. The van der Waals surface area contributed by atoms with Crippen molar-refractivity contribution in [2.75, 3.05) is 32.7 Å². The first kappa shape index (κ1) is 23.6. The Bertz CT molecular complexity index is 1080. The van der Waals surface area contributed by atoms with E-state index in [1.165, 1.54) is 31.4 Å². The first-order valence-corrected chi connectivity index (χ1v) is 10.3. The van der Waals surface area contributed by atoms with Gasteiger partial charge in [0.25, 0.3) is 11.8 Å². The van der Waals surface area contributed by atoms with Gasteiger partial charge in [0, 0.05) is 17.8 Å². The van der Waals surface area contributed by atoms with E-state index < -0.39 is 5.91 Å². The largest absolute Gasteiger partial charge is 0.497 e. The van der Waals surface area contributed by atoms with Gasteiger partial charge in [-0.3, -0.25) is 9.59 Å². The second-order valence-electron chi connectivity index (χ2n) is 7.06. The van der Waals surface area contributed by atoms with Gasteiger partial charge < -0.3 is 24.8 Å². The lowest BCUT2D eigenvalue weighted by molar-refractivity contribution is -0.118. The Labute approximate surface area is 191 Å². The summed E-state index contributed by atoms with van der Waals surface area (Å²) in [6, 6.07) is 17.8. The van der Waals surface area contributed by atoms with E-state index in [4.69, 9.17) is 14.2 Å². The quantitative estimate of drug-likeness (QED) is 0.488. The molecule has 0 saturated heterocycles. The number of hydrogen-bond donors (Lipinski definition) is 2. The van der Waals surface area contributed by atoms with Crippen LogP contribution in [0.4, 0.5) is 10.1 Å². The molecule has 0 saturated carbocycles. The lowest BCUT2D eigenvalue weighted by Crippen LogP contribution is -2.25. The molecular weight excluding hydrogens is 427 g/mol. The van der Waals surface area contributed by atoms with Crippen molar-refractivity contribution in [2.45, 2.75) is 6.42 Å². The van der Waals surface area contributed by atoms with Crippen LogP contribution in [0.2, 0.25) is 0 Å². The monoisotopic (exact) mass is 452 g/mol. The molecule has 2 N–H and O–H groups in total. The van der Waals surface area contributed by atoms with Crippen LogP contribution in [0, 0.1) is 5.82 Å².